The van der Waals surface area contributed by atoms with Crippen molar-refractivity contribution in [2.75, 3.05) is 0 Å². The number of hydrogen-bond donors (Lipinski definition) is 1. The van der Waals surface area contributed by atoms with Crippen LogP contribution in [0.25, 0.3) is 11.3 Å². The lowest BCUT2D eigenvalue weighted by Crippen LogP contribution is -2.05. The minimum absolute atomic E-state index is 0.142. The first kappa shape index (κ1) is 13.4. The molecule has 0 unspecified atom stereocenters. The SMILES string of the molecule is O=C(O)c1nnn(Cc2ccsc2)c1-c1ccc(F)cc1. The molecule has 2 heterocycles. The van der Waals surface area contributed by atoms with Gasteiger partial charge in [-0.2, -0.15) is 11.3 Å². The van der Waals surface area contributed by atoms with Gasteiger partial charge in [0, 0.05) is 5.56 Å². The maximum atomic E-state index is 13.0. The van der Waals surface area contributed by atoms with Gasteiger partial charge >= 0.3 is 5.97 Å². The molecule has 0 spiro atoms. The second kappa shape index (κ2) is 5.45. The van der Waals surface area contributed by atoms with Crippen molar-refractivity contribution in [3.63, 3.8) is 0 Å². The predicted octanol–water partition coefficient (Wildman–Crippen LogP) is 2.89. The Morgan fingerprint density at radius 1 is 1.29 bits per heavy atom. The average Bonchev–Trinajstić information content (AvgIpc) is 3.10. The van der Waals surface area contributed by atoms with E-state index in [-0.39, 0.29) is 11.5 Å². The molecule has 3 aromatic rings. The van der Waals surface area contributed by atoms with Crippen molar-refractivity contribution in [3.05, 3.63) is 58.2 Å². The van der Waals surface area contributed by atoms with Gasteiger partial charge in [0.2, 0.25) is 0 Å². The van der Waals surface area contributed by atoms with E-state index in [9.17, 15) is 14.3 Å². The quantitative estimate of drug-likeness (QED) is 0.804. The Morgan fingerprint density at radius 3 is 2.67 bits per heavy atom. The molecule has 3 rings (SSSR count). The van der Waals surface area contributed by atoms with Gasteiger partial charge in [0.05, 0.1) is 6.54 Å². The Balaban J connectivity index is 2.08. The first-order chi connectivity index (χ1) is 10.1. The molecule has 0 radical (unpaired) electrons. The first-order valence-electron chi connectivity index (χ1n) is 6.09. The van der Waals surface area contributed by atoms with E-state index in [4.69, 9.17) is 0 Å². The molecule has 7 heteroatoms. The number of carboxylic acids is 1. The van der Waals surface area contributed by atoms with Crippen LogP contribution in [0.3, 0.4) is 0 Å². The molecule has 0 fully saturated rings. The zero-order valence-corrected chi connectivity index (χ0v) is 11.5. The third-order valence-corrected chi connectivity index (χ3v) is 3.70. The largest absolute Gasteiger partial charge is 0.476 e. The Bertz CT molecular complexity index is 766. The van der Waals surface area contributed by atoms with Crippen LogP contribution in [0.15, 0.2) is 41.1 Å². The van der Waals surface area contributed by atoms with E-state index in [0.29, 0.717) is 17.8 Å². The number of aromatic carboxylic acids is 1. The number of benzene rings is 1. The monoisotopic (exact) mass is 303 g/mol. The molecule has 1 N–H and O–H groups in total. The van der Waals surface area contributed by atoms with E-state index < -0.39 is 5.97 Å². The second-order valence-corrected chi connectivity index (χ2v) is 5.17. The van der Waals surface area contributed by atoms with E-state index in [2.05, 4.69) is 10.3 Å². The van der Waals surface area contributed by atoms with Gasteiger partial charge in [0.25, 0.3) is 0 Å². The molecule has 0 atom stereocenters. The minimum Gasteiger partial charge on any atom is -0.476 e. The highest BCUT2D eigenvalue weighted by molar-refractivity contribution is 7.07. The molecule has 0 aliphatic rings. The second-order valence-electron chi connectivity index (χ2n) is 4.39. The van der Waals surface area contributed by atoms with Gasteiger partial charge in [-0.05, 0) is 46.7 Å². The maximum Gasteiger partial charge on any atom is 0.358 e. The van der Waals surface area contributed by atoms with Crippen molar-refractivity contribution in [1.82, 2.24) is 15.0 Å². The van der Waals surface area contributed by atoms with Crippen LogP contribution < -0.4 is 0 Å². The Kier molecular flexibility index (Phi) is 3.49. The third-order valence-electron chi connectivity index (χ3n) is 2.97. The number of aromatic nitrogens is 3. The molecular formula is C14H10FN3O2S. The van der Waals surface area contributed by atoms with Crippen LogP contribution in [0.5, 0.6) is 0 Å². The summed E-state index contributed by atoms with van der Waals surface area (Å²) < 4.78 is 14.6. The average molecular weight is 303 g/mol. The van der Waals surface area contributed by atoms with Crippen molar-refractivity contribution in [1.29, 1.82) is 0 Å². The lowest BCUT2D eigenvalue weighted by Gasteiger charge is -2.06. The standard InChI is InChI=1S/C14H10FN3O2S/c15-11-3-1-10(2-4-11)13-12(14(19)20)16-17-18(13)7-9-5-6-21-8-9/h1-6,8H,7H2,(H,19,20). The molecule has 0 bridgehead atoms. The molecule has 0 amide bonds. The van der Waals surface area contributed by atoms with Crippen LogP contribution in [0, 0.1) is 5.82 Å². The van der Waals surface area contributed by atoms with E-state index in [1.165, 1.54) is 28.9 Å². The molecular weight excluding hydrogens is 293 g/mol. The van der Waals surface area contributed by atoms with Crippen molar-refractivity contribution in [3.8, 4) is 11.3 Å². The third kappa shape index (κ3) is 2.68. The number of nitrogens with zero attached hydrogens (tertiary/aromatic N) is 3. The molecule has 0 saturated carbocycles. The van der Waals surface area contributed by atoms with Gasteiger partial charge in [-0.15, -0.1) is 5.10 Å². The number of carbonyl (C=O) groups is 1. The van der Waals surface area contributed by atoms with Crippen LogP contribution in [0.1, 0.15) is 16.1 Å². The molecule has 0 aliphatic heterocycles. The molecule has 5 nitrogen and oxygen atoms in total. The van der Waals surface area contributed by atoms with Gasteiger partial charge in [-0.25, -0.2) is 13.9 Å². The van der Waals surface area contributed by atoms with Gasteiger partial charge < -0.3 is 5.11 Å². The van der Waals surface area contributed by atoms with E-state index in [1.807, 2.05) is 16.8 Å². The summed E-state index contributed by atoms with van der Waals surface area (Å²) >= 11 is 1.55. The predicted molar refractivity (Wildman–Crippen MR) is 75.8 cm³/mol. The molecule has 2 aromatic heterocycles. The van der Waals surface area contributed by atoms with Gasteiger partial charge in [0.15, 0.2) is 5.69 Å². The topological polar surface area (TPSA) is 68.0 Å². The van der Waals surface area contributed by atoms with Crippen LogP contribution in [-0.4, -0.2) is 26.1 Å². The van der Waals surface area contributed by atoms with Crippen molar-refractivity contribution in [2.45, 2.75) is 6.54 Å². The molecule has 1 aromatic carbocycles. The van der Waals surface area contributed by atoms with Gasteiger partial charge in [0.1, 0.15) is 11.5 Å². The molecule has 0 aliphatic carbocycles. The van der Waals surface area contributed by atoms with Crippen molar-refractivity contribution < 1.29 is 14.3 Å². The van der Waals surface area contributed by atoms with Crippen LogP contribution in [0.4, 0.5) is 4.39 Å². The molecule has 21 heavy (non-hydrogen) atoms. The fraction of sp³-hybridized carbons (Fsp3) is 0.0714. The molecule has 0 saturated heterocycles. The van der Waals surface area contributed by atoms with Crippen molar-refractivity contribution in [2.24, 2.45) is 0 Å². The number of thiophene rings is 1. The summed E-state index contributed by atoms with van der Waals surface area (Å²) in [6, 6.07) is 7.53. The zero-order valence-electron chi connectivity index (χ0n) is 10.7. The maximum absolute atomic E-state index is 13.0. The van der Waals surface area contributed by atoms with Gasteiger partial charge in [-0.1, -0.05) is 5.21 Å². The summed E-state index contributed by atoms with van der Waals surface area (Å²) in [5, 5.41) is 20.7. The zero-order chi connectivity index (χ0) is 14.8. The fourth-order valence-electron chi connectivity index (χ4n) is 2.02. The number of carboxylic acid groups (broad SMARTS) is 1. The highest BCUT2D eigenvalue weighted by Crippen LogP contribution is 2.24. The summed E-state index contributed by atoms with van der Waals surface area (Å²) in [5.74, 6) is -1.54. The number of hydrogen-bond acceptors (Lipinski definition) is 4. The summed E-state index contributed by atoms with van der Waals surface area (Å²) in [6.45, 7) is 0.413. The smallest absolute Gasteiger partial charge is 0.358 e. The first-order valence-corrected chi connectivity index (χ1v) is 7.03. The van der Waals surface area contributed by atoms with Gasteiger partial charge in [-0.3, -0.25) is 0 Å². The lowest BCUT2D eigenvalue weighted by atomic mass is 10.1. The Labute approximate surface area is 123 Å². The Morgan fingerprint density at radius 2 is 2.05 bits per heavy atom. The van der Waals surface area contributed by atoms with Crippen LogP contribution >= 0.6 is 11.3 Å². The summed E-state index contributed by atoms with van der Waals surface area (Å²) in [4.78, 5) is 11.3. The highest BCUT2D eigenvalue weighted by atomic mass is 32.1. The Hall–Kier alpha value is -2.54. The minimum atomic E-state index is -1.16. The van der Waals surface area contributed by atoms with Crippen molar-refractivity contribution >= 4 is 17.3 Å². The van der Waals surface area contributed by atoms with E-state index >= 15 is 0 Å². The van der Waals surface area contributed by atoms with Crippen LogP contribution in [0.2, 0.25) is 0 Å². The fourth-order valence-corrected chi connectivity index (χ4v) is 2.68. The van der Waals surface area contributed by atoms with E-state index in [1.54, 1.807) is 11.3 Å². The summed E-state index contributed by atoms with van der Waals surface area (Å²) in [7, 11) is 0. The lowest BCUT2D eigenvalue weighted by molar-refractivity contribution is 0.0691. The highest BCUT2D eigenvalue weighted by Gasteiger charge is 2.20. The number of halogens is 1. The molecule has 106 valence electrons. The van der Waals surface area contributed by atoms with E-state index in [0.717, 1.165) is 5.56 Å². The van der Waals surface area contributed by atoms with Crippen LogP contribution in [-0.2, 0) is 6.54 Å². The summed E-state index contributed by atoms with van der Waals surface area (Å²) in [6.07, 6.45) is 0. The normalized spacial score (nSPS) is 10.7. The number of rotatable bonds is 4. The summed E-state index contributed by atoms with van der Waals surface area (Å²) in [5.41, 5.74) is 1.80.